The Morgan fingerprint density at radius 3 is 2.30 bits per heavy atom. The number of aliphatic hydroxyl groups is 1. The van der Waals surface area contributed by atoms with E-state index in [0.717, 1.165) is 43.6 Å². The van der Waals surface area contributed by atoms with Crippen LogP contribution < -0.4 is 4.90 Å². The van der Waals surface area contributed by atoms with Crippen molar-refractivity contribution in [2.24, 2.45) is 0 Å². The summed E-state index contributed by atoms with van der Waals surface area (Å²) in [4.78, 5) is 33.4. The van der Waals surface area contributed by atoms with Crippen molar-refractivity contribution in [1.82, 2.24) is 4.98 Å². The Morgan fingerprint density at radius 1 is 0.919 bits per heavy atom. The summed E-state index contributed by atoms with van der Waals surface area (Å²) in [7, 11) is 0. The third-order valence-corrected chi connectivity index (χ3v) is 8.04. The van der Waals surface area contributed by atoms with E-state index in [4.69, 9.17) is 4.98 Å². The summed E-state index contributed by atoms with van der Waals surface area (Å²) >= 11 is 1.39. The predicted octanol–water partition coefficient (Wildman–Crippen LogP) is 7.28. The van der Waals surface area contributed by atoms with Gasteiger partial charge < -0.3 is 5.11 Å². The molecule has 2 heterocycles. The van der Waals surface area contributed by atoms with Crippen LogP contribution in [0, 0.1) is 27.7 Å². The summed E-state index contributed by atoms with van der Waals surface area (Å²) in [6.45, 7) is 12.1. The minimum atomic E-state index is -0.789. The highest BCUT2D eigenvalue weighted by atomic mass is 32.1. The van der Waals surface area contributed by atoms with Gasteiger partial charge in [0.25, 0.3) is 5.78 Å². The maximum absolute atomic E-state index is 13.6. The molecular formula is C31H30N2O3S. The number of aliphatic hydroxyl groups excluding tert-OH is 1. The van der Waals surface area contributed by atoms with Crippen LogP contribution in [0.4, 0.5) is 5.13 Å². The molecule has 6 heteroatoms. The van der Waals surface area contributed by atoms with Crippen molar-refractivity contribution in [2.75, 3.05) is 4.90 Å². The highest BCUT2D eigenvalue weighted by Crippen LogP contribution is 2.45. The molecule has 1 aliphatic rings. The van der Waals surface area contributed by atoms with Crippen molar-refractivity contribution in [3.05, 3.63) is 99.1 Å². The molecule has 5 nitrogen and oxygen atoms in total. The standard InChI is InChI=1S/C31H30N2O3S/c1-16(2)21-9-11-22(12-10-21)27-25(28(34)23-14-17(3)7-8-19(23)5)29(35)30(36)33(27)31-32-26-20(6)13-18(4)15-24(26)37-31/h7-16,27,34H,1-6H3/b28-25+. The first-order chi connectivity index (χ1) is 17.6. The monoisotopic (exact) mass is 510 g/mol. The zero-order valence-corrected chi connectivity index (χ0v) is 22.7. The zero-order chi connectivity index (χ0) is 26.6. The fourth-order valence-electron chi connectivity index (χ4n) is 5.01. The van der Waals surface area contributed by atoms with Crippen LogP contribution in [-0.4, -0.2) is 21.8 Å². The van der Waals surface area contributed by atoms with Crippen LogP contribution in [0.5, 0.6) is 0 Å². The molecule has 37 heavy (non-hydrogen) atoms. The van der Waals surface area contributed by atoms with E-state index < -0.39 is 17.7 Å². The molecule has 1 amide bonds. The topological polar surface area (TPSA) is 70.5 Å². The molecule has 1 unspecified atom stereocenters. The lowest BCUT2D eigenvalue weighted by atomic mass is 9.92. The van der Waals surface area contributed by atoms with Crippen LogP contribution in [0.25, 0.3) is 16.0 Å². The Bertz CT molecular complexity index is 1590. The number of ketones is 1. The minimum Gasteiger partial charge on any atom is -0.507 e. The number of aryl methyl sites for hydroxylation is 4. The molecule has 3 aromatic carbocycles. The van der Waals surface area contributed by atoms with E-state index in [2.05, 4.69) is 19.9 Å². The second-order valence-corrected chi connectivity index (χ2v) is 11.2. The SMILES string of the molecule is Cc1ccc(C)c(/C(O)=C2\C(=O)C(=O)N(c3nc4c(C)cc(C)cc4s3)C2c2ccc(C(C)C)cc2)c1. The number of carbonyl (C=O) groups excluding carboxylic acids is 2. The first kappa shape index (κ1) is 24.9. The molecule has 1 aliphatic heterocycles. The molecule has 1 atom stereocenters. The van der Waals surface area contributed by atoms with Crippen molar-refractivity contribution in [2.45, 2.75) is 53.5 Å². The van der Waals surface area contributed by atoms with Gasteiger partial charge in [-0.1, -0.05) is 73.2 Å². The molecule has 1 saturated heterocycles. The molecule has 0 bridgehead atoms. The van der Waals surface area contributed by atoms with E-state index in [1.165, 1.54) is 16.2 Å². The lowest BCUT2D eigenvalue weighted by Gasteiger charge is -2.23. The molecule has 0 aliphatic carbocycles. The van der Waals surface area contributed by atoms with Gasteiger partial charge in [0.1, 0.15) is 5.76 Å². The number of anilines is 1. The van der Waals surface area contributed by atoms with E-state index in [1.54, 1.807) is 0 Å². The van der Waals surface area contributed by atoms with Gasteiger partial charge in [-0.2, -0.15) is 0 Å². The van der Waals surface area contributed by atoms with Crippen LogP contribution in [-0.2, 0) is 9.59 Å². The van der Waals surface area contributed by atoms with Gasteiger partial charge in [0, 0.05) is 5.56 Å². The normalized spacial score (nSPS) is 17.4. The van der Waals surface area contributed by atoms with Gasteiger partial charge in [-0.25, -0.2) is 4.98 Å². The Morgan fingerprint density at radius 2 is 1.62 bits per heavy atom. The lowest BCUT2D eigenvalue weighted by Crippen LogP contribution is -2.29. The maximum Gasteiger partial charge on any atom is 0.301 e. The number of hydrogen-bond donors (Lipinski definition) is 1. The van der Waals surface area contributed by atoms with Gasteiger partial charge in [0.15, 0.2) is 5.13 Å². The van der Waals surface area contributed by atoms with Crippen molar-refractivity contribution >= 4 is 44.1 Å². The second kappa shape index (κ2) is 9.27. The van der Waals surface area contributed by atoms with E-state index in [1.807, 2.05) is 76.2 Å². The molecule has 0 radical (unpaired) electrons. The van der Waals surface area contributed by atoms with Crippen LogP contribution in [0.15, 0.2) is 60.2 Å². The van der Waals surface area contributed by atoms with E-state index in [-0.39, 0.29) is 11.3 Å². The van der Waals surface area contributed by atoms with Crippen molar-refractivity contribution in [3.63, 3.8) is 0 Å². The summed E-state index contributed by atoms with van der Waals surface area (Å²) in [5.41, 5.74) is 7.27. The quantitative estimate of drug-likeness (QED) is 0.178. The Balaban J connectivity index is 1.76. The molecule has 1 N–H and O–H groups in total. The molecule has 5 rings (SSSR count). The van der Waals surface area contributed by atoms with Gasteiger partial charge in [0.05, 0.1) is 21.8 Å². The molecule has 188 valence electrons. The van der Waals surface area contributed by atoms with E-state index in [0.29, 0.717) is 16.6 Å². The van der Waals surface area contributed by atoms with Crippen molar-refractivity contribution in [3.8, 4) is 0 Å². The Hall–Kier alpha value is -3.77. The van der Waals surface area contributed by atoms with Crippen LogP contribution in [0.1, 0.15) is 64.8 Å². The van der Waals surface area contributed by atoms with Crippen LogP contribution in [0.2, 0.25) is 0 Å². The summed E-state index contributed by atoms with van der Waals surface area (Å²) in [5, 5.41) is 12.0. The highest BCUT2D eigenvalue weighted by molar-refractivity contribution is 7.22. The highest BCUT2D eigenvalue weighted by Gasteiger charge is 2.48. The summed E-state index contributed by atoms with van der Waals surface area (Å²) in [5.74, 6) is -1.21. The van der Waals surface area contributed by atoms with E-state index in [9.17, 15) is 14.7 Å². The number of rotatable bonds is 4. The lowest BCUT2D eigenvalue weighted by molar-refractivity contribution is -0.132. The van der Waals surface area contributed by atoms with Gasteiger partial charge in [-0.05, 0) is 73.6 Å². The molecule has 4 aromatic rings. The number of amides is 1. The maximum atomic E-state index is 13.6. The van der Waals surface area contributed by atoms with E-state index >= 15 is 0 Å². The summed E-state index contributed by atoms with van der Waals surface area (Å²) in [6.07, 6.45) is 0. The second-order valence-electron chi connectivity index (χ2n) is 10.2. The number of aromatic nitrogens is 1. The molecule has 0 saturated carbocycles. The molecule has 1 aromatic heterocycles. The number of Topliss-reactive ketones (excluding diaryl/α,β-unsaturated/α-hetero) is 1. The molecule has 0 spiro atoms. The smallest absolute Gasteiger partial charge is 0.301 e. The fraction of sp³-hybridized carbons (Fsp3) is 0.258. The van der Waals surface area contributed by atoms with Gasteiger partial charge >= 0.3 is 5.91 Å². The van der Waals surface area contributed by atoms with Crippen LogP contribution in [0.3, 0.4) is 0 Å². The van der Waals surface area contributed by atoms with Crippen molar-refractivity contribution < 1.29 is 14.7 Å². The Labute approximate surface area is 221 Å². The van der Waals surface area contributed by atoms with Crippen molar-refractivity contribution in [1.29, 1.82) is 0 Å². The largest absolute Gasteiger partial charge is 0.507 e. The number of carbonyl (C=O) groups is 2. The first-order valence-electron chi connectivity index (χ1n) is 12.4. The molecule has 1 fully saturated rings. The minimum absolute atomic E-state index is 0.0863. The number of hydrogen-bond acceptors (Lipinski definition) is 5. The average molecular weight is 511 g/mol. The van der Waals surface area contributed by atoms with Gasteiger partial charge in [-0.15, -0.1) is 0 Å². The number of thiazole rings is 1. The summed E-state index contributed by atoms with van der Waals surface area (Å²) in [6, 6.07) is 16.9. The third kappa shape index (κ3) is 4.25. The fourth-order valence-corrected chi connectivity index (χ4v) is 6.17. The Kier molecular flexibility index (Phi) is 6.24. The third-order valence-electron chi connectivity index (χ3n) is 7.04. The zero-order valence-electron chi connectivity index (χ0n) is 21.9. The summed E-state index contributed by atoms with van der Waals surface area (Å²) < 4.78 is 0.956. The van der Waals surface area contributed by atoms with Gasteiger partial charge in [-0.3, -0.25) is 14.5 Å². The number of benzene rings is 3. The van der Waals surface area contributed by atoms with Crippen LogP contribution >= 0.6 is 11.3 Å². The first-order valence-corrected chi connectivity index (χ1v) is 13.2. The van der Waals surface area contributed by atoms with Gasteiger partial charge in [0.2, 0.25) is 0 Å². The molecular weight excluding hydrogens is 480 g/mol. The number of nitrogens with zero attached hydrogens (tertiary/aromatic N) is 2. The average Bonchev–Trinajstić information content (AvgIpc) is 3.39. The number of fused-ring (bicyclic) bond motifs is 1. The predicted molar refractivity (Wildman–Crippen MR) is 150 cm³/mol.